The number of nitrogens with zero attached hydrogens (tertiary/aromatic N) is 1. The first-order valence-electron chi connectivity index (χ1n) is 11.8. The van der Waals surface area contributed by atoms with Crippen molar-refractivity contribution in [1.82, 2.24) is 4.90 Å². The maximum absolute atomic E-state index is 12.2. The first-order valence-corrected chi connectivity index (χ1v) is 13.2. The molecule has 4 aliphatic carbocycles. The van der Waals surface area contributed by atoms with Crippen molar-refractivity contribution in [2.24, 2.45) is 34.5 Å². The summed E-state index contributed by atoms with van der Waals surface area (Å²) in [5.41, 5.74) is 0.841. The summed E-state index contributed by atoms with van der Waals surface area (Å²) >= 11 is 0. The molecule has 0 aromatic heterocycles. The van der Waals surface area contributed by atoms with Gasteiger partial charge in [-0.05, 0) is 102 Å². The van der Waals surface area contributed by atoms with Crippen molar-refractivity contribution in [2.75, 3.05) is 21.1 Å². The van der Waals surface area contributed by atoms with Crippen molar-refractivity contribution in [3.63, 3.8) is 0 Å². The average Bonchev–Trinajstić information content (AvgIpc) is 2.96. The van der Waals surface area contributed by atoms with E-state index in [9.17, 15) is 18.3 Å². The van der Waals surface area contributed by atoms with Gasteiger partial charge in [0.25, 0.3) is 0 Å². The number of Topliss-reactive ketones (excluding diaryl/α,β-unsaturated/α-hetero) is 1. The van der Waals surface area contributed by atoms with Gasteiger partial charge in [0, 0.05) is 5.92 Å². The molecule has 0 aromatic carbocycles. The molecule has 3 fully saturated rings. The molecule has 0 heterocycles. The second kappa shape index (κ2) is 9.10. The number of aliphatic hydroxyl groups is 1. The Labute approximate surface area is 193 Å². The third-order valence-electron chi connectivity index (χ3n) is 8.74. The molecule has 2 N–H and O–H groups in total. The number of rotatable bonds is 3. The van der Waals surface area contributed by atoms with Gasteiger partial charge in [-0.1, -0.05) is 25.5 Å². The molecule has 8 unspecified atom stereocenters. The van der Waals surface area contributed by atoms with E-state index in [1.54, 1.807) is 6.92 Å². The van der Waals surface area contributed by atoms with Crippen LogP contribution in [0.3, 0.4) is 0 Å². The van der Waals surface area contributed by atoms with Gasteiger partial charge < -0.3 is 10.0 Å². The molecule has 7 nitrogen and oxygen atoms in total. The highest BCUT2D eigenvalue weighted by atomic mass is 32.3. The predicted octanol–water partition coefficient (Wildman–Crippen LogP) is 3.49. The third-order valence-corrected chi connectivity index (χ3v) is 9.25. The lowest BCUT2D eigenvalue weighted by atomic mass is 9.46. The molecule has 184 valence electrons. The summed E-state index contributed by atoms with van der Waals surface area (Å²) in [4.78, 5) is 14.2. The van der Waals surface area contributed by atoms with Gasteiger partial charge in [0.05, 0.1) is 12.2 Å². The van der Waals surface area contributed by atoms with Crippen LogP contribution in [0.25, 0.3) is 0 Å². The number of fused-ring (bicyclic) bond motifs is 5. The second-order valence-corrected chi connectivity index (χ2v) is 12.5. The van der Waals surface area contributed by atoms with E-state index in [1.807, 2.05) is 26.0 Å². The van der Waals surface area contributed by atoms with Gasteiger partial charge in [-0.25, -0.2) is 4.18 Å². The number of ketones is 1. The number of carbonyl (C=O) groups excluding carboxylic acids is 1. The number of carbonyl (C=O) groups is 1. The first-order chi connectivity index (χ1) is 14.7. The average molecular weight is 472 g/mol. The van der Waals surface area contributed by atoms with Crippen LogP contribution < -0.4 is 0 Å². The van der Waals surface area contributed by atoms with Crippen molar-refractivity contribution in [3.8, 4) is 0 Å². The predicted molar refractivity (Wildman–Crippen MR) is 123 cm³/mol. The molecular weight excluding hydrogens is 430 g/mol. The molecule has 3 saturated carbocycles. The molecular formula is C24H41NO6S. The third kappa shape index (κ3) is 4.85. The van der Waals surface area contributed by atoms with E-state index >= 15 is 0 Å². The van der Waals surface area contributed by atoms with Crippen molar-refractivity contribution in [3.05, 3.63) is 11.6 Å². The number of hydrogen-bond donors (Lipinski definition) is 2. The summed E-state index contributed by atoms with van der Waals surface area (Å²) in [6.07, 6.45) is 6.46. The Morgan fingerprint density at radius 3 is 2.38 bits per heavy atom. The Morgan fingerprint density at radius 2 is 1.81 bits per heavy atom. The van der Waals surface area contributed by atoms with E-state index in [0.717, 1.165) is 31.3 Å². The molecule has 0 saturated heterocycles. The van der Waals surface area contributed by atoms with Gasteiger partial charge in [0.15, 0.2) is 0 Å². The fraction of sp³-hybridized carbons (Fsp3) is 0.875. The zero-order chi connectivity index (χ0) is 24.1. The van der Waals surface area contributed by atoms with Crippen LogP contribution >= 0.6 is 0 Å². The maximum atomic E-state index is 12.2. The fourth-order valence-electron chi connectivity index (χ4n) is 7.68. The molecule has 32 heavy (non-hydrogen) atoms. The summed E-state index contributed by atoms with van der Waals surface area (Å²) in [7, 11) is 1.54. The summed E-state index contributed by atoms with van der Waals surface area (Å²) in [6, 6.07) is 0. The van der Waals surface area contributed by atoms with E-state index in [1.165, 1.54) is 0 Å². The van der Waals surface area contributed by atoms with E-state index in [-0.39, 0.29) is 28.4 Å². The van der Waals surface area contributed by atoms with Crippen LogP contribution in [0.2, 0.25) is 0 Å². The zero-order valence-electron chi connectivity index (χ0n) is 20.4. The van der Waals surface area contributed by atoms with Gasteiger partial charge in [0.2, 0.25) is 0 Å². The van der Waals surface area contributed by atoms with Crippen molar-refractivity contribution >= 4 is 16.2 Å². The second-order valence-electron chi connectivity index (χ2n) is 11.4. The quantitative estimate of drug-likeness (QED) is 0.480. The maximum Gasteiger partial charge on any atom is 0.397 e. The molecule has 8 heteroatoms. The van der Waals surface area contributed by atoms with Gasteiger partial charge in [-0.2, -0.15) is 8.42 Å². The van der Waals surface area contributed by atoms with Crippen molar-refractivity contribution in [1.29, 1.82) is 0 Å². The van der Waals surface area contributed by atoms with Crippen molar-refractivity contribution in [2.45, 2.75) is 77.9 Å². The van der Waals surface area contributed by atoms with Crippen LogP contribution in [0.15, 0.2) is 11.6 Å². The lowest BCUT2D eigenvalue weighted by Crippen LogP contribution is -2.56. The Bertz CT molecular complexity index is 852. The molecule has 0 radical (unpaired) electrons. The Hall–Kier alpha value is -0.800. The van der Waals surface area contributed by atoms with E-state index in [2.05, 4.69) is 19.9 Å². The molecule has 4 rings (SSSR count). The Kier molecular flexibility index (Phi) is 7.34. The highest BCUT2D eigenvalue weighted by Gasteiger charge is 2.62. The SMILES string of the molecule is CC(=O)C1CCC2C3CC=C4CC(OS(=O)(=O)O)CCC4(C)C3C(O)CC12C.CN(C)C. The van der Waals surface area contributed by atoms with Crippen LogP contribution in [0, 0.1) is 34.5 Å². The minimum absolute atomic E-state index is 0.0465. The summed E-state index contributed by atoms with van der Waals surface area (Å²) in [5, 5.41) is 11.3. The molecule has 8 atom stereocenters. The van der Waals surface area contributed by atoms with Gasteiger partial charge >= 0.3 is 10.4 Å². The molecule has 0 aliphatic heterocycles. The number of aliphatic hydroxyl groups excluding tert-OH is 1. The molecule has 0 spiro atoms. The Morgan fingerprint density at radius 1 is 1.19 bits per heavy atom. The summed E-state index contributed by atoms with van der Waals surface area (Å²) in [6.45, 7) is 6.09. The topological polar surface area (TPSA) is 104 Å². The standard InChI is InChI=1S/C21H32O6S.C3H9N/c1-12(22)16-6-7-17-15-5-4-13-10-14(27-28(24,25)26)8-9-20(13,2)19(15)18(23)11-21(16,17)3;1-4(2)3/h4,14-19,23H,5-11H2,1-3H3,(H,24,25,26);1-3H3. The number of hydrogen-bond acceptors (Lipinski definition) is 6. The van der Waals surface area contributed by atoms with Gasteiger partial charge in [0.1, 0.15) is 5.78 Å². The van der Waals surface area contributed by atoms with Crippen LogP contribution in [0.5, 0.6) is 0 Å². The smallest absolute Gasteiger partial charge is 0.393 e. The summed E-state index contributed by atoms with van der Waals surface area (Å²) in [5.74, 6) is 1.21. The largest absolute Gasteiger partial charge is 0.397 e. The molecule has 0 aromatic rings. The van der Waals surface area contributed by atoms with Crippen LogP contribution in [0.1, 0.15) is 65.7 Å². The minimum Gasteiger partial charge on any atom is -0.393 e. The first kappa shape index (κ1) is 25.8. The zero-order valence-corrected chi connectivity index (χ0v) is 21.2. The van der Waals surface area contributed by atoms with Crippen molar-refractivity contribution < 1.29 is 27.1 Å². The molecule has 0 bridgehead atoms. The van der Waals surface area contributed by atoms with Crippen LogP contribution in [0.4, 0.5) is 0 Å². The van der Waals surface area contributed by atoms with Gasteiger partial charge in [-0.3, -0.25) is 9.35 Å². The monoisotopic (exact) mass is 471 g/mol. The highest BCUT2D eigenvalue weighted by molar-refractivity contribution is 7.80. The van der Waals surface area contributed by atoms with E-state index in [0.29, 0.717) is 31.1 Å². The molecule has 4 aliphatic rings. The molecule has 0 amide bonds. The highest BCUT2D eigenvalue weighted by Crippen LogP contribution is 2.66. The lowest BCUT2D eigenvalue weighted by Gasteiger charge is -2.59. The lowest BCUT2D eigenvalue weighted by molar-refractivity contribution is -0.140. The van der Waals surface area contributed by atoms with Crippen LogP contribution in [-0.4, -0.2) is 62.1 Å². The number of allylic oxidation sites excluding steroid dienone is 1. The fourth-order valence-corrected chi connectivity index (χ4v) is 8.19. The van der Waals surface area contributed by atoms with Gasteiger partial charge in [-0.15, -0.1) is 0 Å². The normalized spacial score (nSPS) is 43.3. The van der Waals surface area contributed by atoms with E-state index < -0.39 is 22.6 Å². The summed E-state index contributed by atoms with van der Waals surface area (Å²) < 4.78 is 36.1. The van der Waals surface area contributed by atoms with Crippen LogP contribution in [-0.2, 0) is 19.4 Å². The van der Waals surface area contributed by atoms with E-state index in [4.69, 9.17) is 8.74 Å². The minimum atomic E-state index is -4.46. The Balaban J connectivity index is 0.000000668.